The first-order valence-electron chi connectivity index (χ1n) is 14.1. The van der Waals surface area contributed by atoms with Crippen molar-refractivity contribution in [3.63, 3.8) is 0 Å². The van der Waals surface area contributed by atoms with Crippen LogP contribution in [0.3, 0.4) is 0 Å². The molecule has 0 radical (unpaired) electrons. The van der Waals surface area contributed by atoms with Gasteiger partial charge in [-0.2, -0.15) is 0 Å². The van der Waals surface area contributed by atoms with E-state index in [1.165, 1.54) is 11.1 Å². The van der Waals surface area contributed by atoms with E-state index in [2.05, 4.69) is 60.0 Å². The molecule has 38 heavy (non-hydrogen) atoms. The molecule has 1 N–H and O–H groups in total. The number of likely N-dealkylation sites (tertiary alicyclic amines) is 2. The minimum Gasteiger partial charge on any atom is -0.481 e. The van der Waals surface area contributed by atoms with Crippen molar-refractivity contribution in [2.45, 2.75) is 78.0 Å². The molecule has 4 atom stereocenters. The number of rotatable bonds is 6. The second-order valence-corrected chi connectivity index (χ2v) is 11.7. The summed E-state index contributed by atoms with van der Waals surface area (Å²) < 4.78 is 5.55. The van der Waals surface area contributed by atoms with Gasteiger partial charge in [0.25, 0.3) is 0 Å². The summed E-state index contributed by atoms with van der Waals surface area (Å²) in [5.74, 6) is -0.901. The third-order valence-corrected chi connectivity index (χ3v) is 7.65. The van der Waals surface area contributed by atoms with Gasteiger partial charge in [0.05, 0.1) is 11.8 Å². The van der Waals surface area contributed by atoms with Crippen molar-refractivity contribution in [3.05, 3.63) is 71.8 Å². The number of benzene rings is 2. The largest absolute Gasteiger partial charge is 0.481 e. The Bertz CT molecular complexity index is 1010. The molecule has 0 saturated carbocycles. The number of hydrogen-bond acceptors (Lipinski definition) is 5. The molecular formula is C32H46N2O4. The maximum atomic E-state index is 12.3. The Morgan fingerprint density at radius 1 is 0.789 bits per heavy atom. The third-order valence-electron chi connectivity index (χ3n) is 7.65. The van der Waals surface area contributed by atoms with Gasteiger partial charge in [-0.3, -0.25) is 19.4 Å². The van der Waals surface area contributed by atoms with Crippen molar-refractivity contribution in [1.82, 2.24) is 9.80 Å². The van der Waals surface area contributed by atoms with Crippen molar-refractivity contribution < 1.29 is 19.4 Å². The van der Waals surface area contributed by atoms with E-state index in [0.29, 0.717) is 18.6 Å². The van der Waals surface area contributed by atoms with Crippen molar-refractivity contribution >= 4 is 11.9 Å². The summed E-state index contributed by atoms with van der Waals surface area (Å²) in [6.45, 7) is 13.7. The number of carboxylic acid groups (broad SMARTS) is 1. The molecule has 2 aliphatic rings. The van der Waals surface area contributed by atoms with Crippen LogP contribution in [0.2, 0.25) is 0 Å². The highest BCUT2D eigenvalue weighted by Gasteiger charge is 2.32. The van der Waals surface area contributed by atoms with E-state index in [-0.39, 0.29) is 17.8 Å². The van der Waals surface area contributed by atoms with Gasteiger partial charge in [-0.05, 0) is 84.5 Å². The first kappa shape index (κ1) is 29.9. The molecule has 6 heteroatoms. The fraction of sp³-hybridized carbons (Fsp3) is 0.562. The third kappa shape index (κ3) is 8.95. The molecule has 2 fully saturated rings. The van der Waals surface area contributed by atoms with Crippen molar-refractivity contribution in [2.75, 3.05) is 26.2 Å². The number of ether oxygens (including phenoxy) is 1. The monoisotopic (exact) mass is 522 g/mol. The highest BCUT2D eigenvalue weighted by molar-refractivity contribution is 5.73. The number of hydrogen-bond donors (Lipinski definition) is 1. The van der Waals surface area contributed by atoms with Crippen LogP contribution in [0.5, 0.6) is 0 Å². The smallest absolute Gasteiger partial charge is 0.310 e. The topological polar surface area (TPSA) is 70.1 Å². The summed E-state index contributed by atoms with van der Waals surface area (Å²) >= 11 is 0. The number of piperidine rings is 2. The Morgan fingerprint density at radius 3 is 1.63 bits per heavy atom. The van der Waals surface area contributed by atoms with Gasteiger partial charge in [-0.1, -0.05) is 60.7 Å². The quantitative estimate of drug-likeness (QED) is 0.446. The molecule has 2 aromatic carbocycles. The van der Waals surface area contributed by atoms with Crippen LogP contribution in [-0.2, 0) is 14.3 Å². The van der Waals surface area contributed by atoms with E-state index in [1.54, 1.807) is 0 Å². The molecule has 2 aromatic rings. The minimum atomic E-state index is -0.657. The maximum Gasteiger partial charge on any atom is 0.310 e. The lowest BCUT2D eigenvalue weighted by molar-refractivity contribution is -0.162. The van der Waals surface area contributed by atoms with Crippen molar-refractivity contribution in [1.29, 1.82) is 0 Å². The predicted molar refractivity (Wildman–Crippen MR) is 152 cm³/mol. The average molecular weight is 523 g/mol. The van der Waals surface area contributed by atoms with Gasteiger partial charge in [-0.15, -0.1) is 0 Å². The zero-order chi connectivity index (χ0) is 27.7. The normalized spacial score (nSPS) is 22.4. The number of carboxylic acids is 1. The average Bonchev–Trinajstić information content (AvgIpc) is 2.93. The Labute approximate surface area is 229 Å². The van der Waals surface area contributed by atoms with E-state index in [1.807, 2.05) is 45.0 Å². The van der Waals surface area contributed by atoms with Gasteiger partial charge in [0.1, 0.15) is 5.60 Å². The second-order valence-electron chi connectivity index (χ2n) is 11.7. The van der Waals surface area contributed by atoms with Gasteiger partial charge < -0.3 is 9.84 Å². The first-order chi connectivity index (χ1) is 18.0. The zero-order valence-electron chi connectivity index (χ0n) is 23.8. The fourth-order valence-electron chi connectivity index (χ4n) is 5.38. The van der Waals surface area contributed by atoms with Crippen LogP contribution >= 0.6 is 0 Å². The van der Waals surface area contributed by atoms with Gasteiger partial charge in [-0.25, -0.2) is 0 Å². The lowest BCUT2D eigenvalue weighted by Gasteiger charge is -2.37. The molecule has 0 bridgehead atoms. The summed E-state index contributed by atoms with van der Waals surface area (Å²) in [4.78, 5) is 28.0. The molecule has 2 unspecified atom stereocenters. The van der Waals surface area contributed by atoms with Crippen molar-refractivity contribution in [2.24, 2.45) is 11.8 Å². The molecular weight excluding hydrogens is 476 g/mol. The van der Waals surface area contributed by atoms with Crippen LogP contribution in [0, 0.1) is 11.8 Å². The molecule has 0 aliphatic carbocycles. The molecule has 0 aromatic heterocycles. The van der Waals surface area contributed by atoms with Crippen LogP contribution in [0.1, 0.15) is 83.5 Å². The Morgan fingerprint density at radius 2 is 1.21 bits per heavy atom. The molecule has 208 valence electrons. The number of carbonyl (C=O) groups excluding carboxylic acids is 1. The van der Waals surface area contributed by atoms with Crippen LogP contribution in [-0.4, -0.2) is 58.6 Å². The number of carbonyl (C=O) groups is 2. The van der Waals surface area contributed by atoms with E-state index in [9.17, 15) is 9.59 Å². The Hall–Kier alpha value is -2.70. The van der Waals surface area contributed by atoms with E-state index in [4.69, 9.17) is 9.84 Å². The molecule has 0 spiro atoms. The molecule has 2 saturated heterocycles. The highest BCUT2D eigenvalue weighted by atomic mass is 16.6. The Balaban J connectivity index is 0.000000215. The Kier molecular flexibility index (Phi) is 10.9. The van der Waals surface area contributed by atoms with E-state index >= 15 is 0 Å². The second kappa shape index (κ2) is 13.9. The van der Waals surface area contributed by atoms with E-state index < -0.39 is 11.6 Å². The molecule has 0 amide bonds. The predicted octanol–water partition coefficient (Wildman–Crippen LogP) is 6.35. The lowest BCUT2D eigenvalue weighted by atomic mass is 9.95. The van der Waals surface area contributed by atoms with Gasteiger partial charge in [0.15, 0.2) is 0 Å². The molecule has 6 nitrogen and oxygen atoms in total. The van der Waals surface area contributed by atoms with Gasteiger partial charge >= 0.3 is 11.9 Å². The van der Waals surface area contributed by atoms with Crippen LogP contribution in [0.4, 0.5) is 0 Å². The minimum absolute atomic E-state index is 0.00383. The summed E-state index contributed by atoms with van der Waals surface area (Å²) in [5, 5.41) is 9.08. The van der Waals surface area contributed by atoms with E-state index in [0.717, 1.165) is 45.3 Å². The SMILES string of the molecule is CC(c1ccccc1)N1CCC[C@H](C(=O)O)C1.CC(c1ccccc1)N1CCC[C@H](C(=O)OC(C)(C)C)C1. The molecule has 2 aliphatic heterocycles. The highest BCUT2D eigenvalue weighted by Crippen LogP contribution is 2.28. The summed E-state index contributed by atoms with van der Waals surface area (Å²) in [7, 11) is 0. The van der Waals surface area contributed by atoms with Crippen LogP contribution < -0.4 is 0 Å². The maximum absolute atomic E-state index is 12.3. The number of nitrogens with zero attached hydrogens (tertiary/aromatic N) is 2. The number of esters is 1. The summed E-state index contributed by atoms with van der Waals surface area (Å²) in [6, 6.07) is 21.4. The first-order valence-corrected chi connectivity index (χ1v) is 14.1. The fourth-order valence-corrected chi connectivity index (χ4v) is 5.38. The number of aliphatic carboxylic acids is 1. The molecule has 2 heterocycles. The van der Waals surface area contributed by atoms with Crippen molar-refractivity contribution in [3.8, 4) is 0 Å². The van der Waals surface area contributed by atoms with Crippen LogP contribution in [0.25, 0.3) is 0 Å². The summed E-state index contributed by atoms with van der Waals surface area (Å²) in [6.07, 6.45) is 3.79. The molecule has 4 rings (SSSR count). The van der Waals surface area contributed by atoms with Crippen LogP contribution in [0.15, 0.2) is 60.7 Å². The zero-order valence-corrected chi connectivity index (χ0v) is 23.8. The lowest BCUT2D eigenvalue weighted by Crippen LogP contribution is -2.42. The standard InChI is InChI=1S/C18H27NO2.C14H19NO2/c1-14(15-9-6-5-7-10-15)19-12-8-11-16(13-19)17(20)21-18(2,3)4;1-11(12-6-3-2-4-7-12)15-9-5-8-13(10-15)14(16)17/h5-7,9-10,14,16H,8,11-13H2,1-4H3;2-4,6-7,11,13H,5,8-10H2,1H3,(H,16,17)/t14?,16-;11?,13-/m00/s1. The van der Waals surface area contributed by atoms with Gasteiger partial charge in [0, 0.05) is 25.2 Å². The van der Waals surface area contributed by atoms with Gasteiger partial charge in [0.2, 0.25) is 0 Å². The summed E-state index contributed by atoms with van der Waals surface area (Å²) in [5.41, 5.74) is 2.17.